The molecule has 0 bridgehead atoms. The lowest BCUT2D eigenvalue weighted by Gasteiger charge is -2.34. The van der Waals surface area contributed by atoms with Crippen molar-refractivity contribution in [1.82, 2.24) is 10.3 Å². The van der Waals surface area contributed by atoms with Gasteiger partial charge in [-0.1, -0.05) is 6.07 Å². The monoisotopic (exact) mass is 248 g/mol. The van der Waals surface area contributed by atoms with E-state index in [4.69, 9.17) is 5.73 Å². The zero-order chi connectivity index (χ0) is 13.3. The molecule has 2 amide bonds. The van der Waals surface area contributed by atoms with E-state index in [0.29, 0.717) is 5.82 Å². The van der Waals surface area contributed by atoms with Crippen molar-refractivity contribution in [1.29, 1.82) is 0 Å². The van der Waals surface area contributed by atoms with Gasteiger partial charge in [-0.05, 0) is 19.9 Å². The largest absolute Gasteiger partial charge is 0.335 e. The number of pyridine rings is 1. The van der Waals surface area contributed by atoms with E-state index in [0.717, 1.165) is 5.56 Å². The van der Waals surface area contributed by atoms with Crippen molar-refractivity contribution >= 4 is 17.6 Å². The summed E-state index contributed by atoms with van der Waals surface area (Å²) in [6.07, 6.45) is 1.63. The van der Waals surface area contributed by atoms with Gasteiger partial charge in [0, 0.05) is 17.8 Å². The molecule has 18 heavy (non-hydrogen) atoms. The number of nitrogens with one attached hydrogen (secondary N) is 1. The Morgan fingerprint density at radius 1 is 1.56 bits per heavy atom. The van der Waals surface area contributed by atoms with Gasteiger partial charge in [-0.3, -0.25) is 14.9 Å². The first kappa shape index (κ1) is 12.5. The first-order valence-corrected chi connectivity index (χ1v) is 5.81. The second-order valence-electron chi connectivity index (χ2n) is 4.42. The van der Waals surface area contributed by atoms with Crippen molar-refractivity contribution in [2.75, 3.05) is 11.4 Å². The van der Waals surface area contributed by atoms with Gasteiger partial charge in [0.15, 0.2) is 0 Å². The maximum atomic E-state index is 11.6. The van der Waals surface area contributed by atoms with Gasteiger partial charge in [-0.15, -0.1) is 0 Å². The van der Waals surface area contributed by atoms with Crippen LogP contribution in [0, 0.1) is 0 Å². The summed E-state index contributed by atoms with van der Waals surface area (Å²) >= 11 is 0. The lowest BCUT2D eigenvalue weighted by Crippen LogP contribution is -2.57. The Morgan fingerprint density at radius 3 is 2.94 bits per heavy atom. The van der Waals surface area contributed by atoms with Crippen LogP contribution in [0.15, 0.2) is 18.3 Å². The molecule has 1 aromatic heterocycles. The second kappa shape index (κ2) is 4.73. The molecule has 96 valence electrons. The fraction of sp³-hybridized carbons (Fsp3) is 0.417. The lowest BCUT2D eigenvalue weighted by atomic mass is 10.1. The van der Waals surface area contributed by atoms with Gasteiger partial charge in [0.05, 0.1) is 6.54 Å². The molecule has 6 nitrogen and oxygen atoms in total. The minimum Gasteiger partial charge on any atom is -0.335 e. The highest BCUT2D eigenvalue weighted by Gasteiger charge is 2.32. The highest BCUT2D eigenvalue weighted by Crippen LogP contribution is 2.24. The number of hydrogen-bond acceptors (Lipinski definition) is 5. The third kappa shape index (κ3) is 2.19. The molecule has 2 heterocycles. The van der Waals surface area contributed by atoms with Crippen LogP contribution in [0.2, 0.25) is 0 Å². The Balaban J connectivity index is 2.41. The van der Waals surface area contributed by atoms with Crippen LogP contribution in [0.4, 0.5) is 5.82 Å². The van der Waals surface area contributed by atoms with Gasteiger partial charge < -0.3 is 10.6 Å². The van der Waals surface area contributed by atoms with E-state index < -0.39 is 6.04 Å². The molecule has 6 heteroatoms. The number of anilines is 1. The highest BCUT2D eigenvalue weighted by molar-refractivity contribution is 6.04. The number of imide groups is 1. The smallest absolute Gasteiger partial charge is 0.249 e. The average molecular weight is 248 g/mol. The molecule has 1 saturated heterocycles. The topological polar surface area (TPSA) is 88.3 Å². The number of carbonyl (C=O) groups is 2. The third-order valence-corrected chi connectivity index (χ3v) is 3.00. The standard InChI is InChI=1S/C12H16N4O2/c1-7(13)9-4-3-5-14-11(9)16-6-10(17)15-12(18)8(16)2/h3-5,7-8H,6,13H2,1-2H3,(H,15,17,18)/t7-,8?/m0/s1. The first-order valence-electron chi connectivity index (χ1n) is 5.81. The summed E-state index contributed by atoms with van der Waals surface area (Å²) < 4.78 is 0. The van der Waals surface area contributed by atoms with E-state index in [9.17, 15) is 9.59 Å². The molecular weight excluding hydrogens is 232 g/mol. The van der Waals surface area contributed by atoms with Gasteiger partial charge in [-0.2, -0.15) is 0 Å². The van der Waals surface area contributed by atoms with E-state index in [1.165, 1.54) is 0 Å². The van der Waals surface area contributed by atoms with Crippen LogP contribution >= 0.6 is 0 Å². The third-order valence-electron chi connectivity index (χ3n) is 3.00. The van der Waals surface area contributed by atoms with E-state index in [1.54, 1.807) is 24.1 Å². The number of hydrogen-bond donors (Lipinski definition) is 2. The SMILES string of the molecule is CC1C(=O)NC(=O)CN1c1ncccc1[C@H](C)N. The van der Waals surface area contributed by atoms with Gasteiger partial charge >= 0.3 is 0 Å². The maximum Gasteiger partial charge on any atom is 0.249 e. The number of nitrogens with two attached hydrogens (primary N) is 1. The van der Waals surface area contributed by atoms with Gasteiger partial charge in [-0.25, -0.2) is 4.98 Å². The number of piperazine rings is 1. The van der Waals surface area contributed by atoms with Crippen molar-refractivity contribution in [3.8, 4) is 0 Å². The molecule has 1 fully saturated rings. The van der Waals surface area contributed by atoms with Crippen molar-refractivity contribution in [3.63, 3.8) is 0 Å². The molecular formula is C12H16N4O2. The molecule has 1 aliphatic rings. The summed E-state index contributed by atoms with van der Waals surface area (Å²) in [7, 11) is 0. The van der Waals surface area contributed by atoms with Crippen LogP contribution in [0.5, 0.6) is 0 Å². The Kier molecular flexibility index (Phi) is 3.29. The fourth-order valence-corrected chi connectivity index (χ4v) is 1.98. The van der Waals surface area contributed by atoms with E-state index in [-0.39, 0.29) is 24.4 Å². The Labute approximate surface area is 105 Å². The van der Waals surface area contributed by atoms with Crippen molar-refractivity contribution in [2.24, 2.45) is 5.73 Å². The number of carbonyl (C=O) groups excluding carboxylic acids is 2. The Morgan fingerprint density at radius 2 is 2.28 bits per heavy atom. The number of rotatable bonds is 2. The molecule has 3 N–H and O–H groups in total. The van der Waals surface area contributed by atoms with Crippen LogP contribution < -0.4 is 16.0 Å². The quantitative estimate of drug-likeness (QED) is 0.716. The lowest BCUT2D eigenvalue weighted by molar-refractivity contribution is -0.132. The predicted molar refractivity (Wildman–Crippen MR) is 66.8 cm³/mol. The van der Waals surface area contributed by atoms with Crippen molar-refractivity contribution < 1.29 is 9.59 Å². The van der Waals surface area contributed by atoms with E-state index in [2.05, 4.69) is 10.3 Å². The summed E-state index contributed by atoms with van der Waals surface area (Å²) in [4.78, 5) is 29.0. The van der Waals surface area contributed by atoms with Crippen LogP contribution in [0.1, 0.15) is 25.5 Å². The number of aromatic nitrogens is 1. The van der Waals surface area contributed by atoms with Crippen molar-refractivity contribution in [2.45, 2.75) is 25.9 Å². The molecule has 1 aliphatic heterocycles. The Hall–Kier alpha value is -1.95. The molecule has 2 atom stereocenters. The van der Waals surface area contributed by atoms with Crippen molar-refractivity contribution in [3.05, 3.63) is 23.9 Å². The summed E-state index contributed by atoms with van der Waals surface area (Å²) in [5.41, 5.74) is 6.71. The summed E-state index contributed by atoms with van der Waals surface area (Å²) in [6, 6.07) is 3.01. The minimum atomic E-state index is -0.435. The Bertz CT molecular complexity index is 487. The van der Waals surface area contributed by atoms with Crippen LogP contribution in [-0.4, -0.2) is 29.4 Å². The molecule has 0 saturated carbocycles. The zero-order valence-electron chi connectivity index (χ0n) is 10.4. The number of nitrogens with zero attached hydrogens (tertiary/aromatic N) is 2. The molecule has 0 aliphatic carbocycles. The molecule has 0 radical (unpaired) electrons. The second-order valence-corrected chi connectivity index (χ2v) is 4.42. The molecule has 1 unspecified atom stereocenters. The fourth-order valence-electron chi connectivity index (χ4n) is 1.98. The minimum absolute atomic E-state index is 0.115. The maximum absolute atomic E-state index is 11.6. The summed E-state index contributed by atoms with van der Waals surface area (Å²) in [5.74, 6) is -0.0323. The molecule has 2 rings (SSSR count). The average Bonchev–Trinajstić information content (AvgIpc) is 2.33. The van der Waals surface area contributed by atoms with E-state index in [1.807, 2.05) is 13.0 Å². The van der Waals surface area contributed by atoms with Crippen LogP contribution in [0.3, 0.4) is 0 Å². The zero-order valence-corrected chi connectivity index (χ0v) is 10.4. The summed E-state index contributed by atoms with van der Waals surface area (Å²) in [6.45, 7) is 3.70. The predicted octanol–water partition coefficient (Wildman–Crippen LogP) is -0.0474. The van der Waals surface area contributed by atoms with Gasteiger partial charge in [0.25, 0.3) is 0 Å². The molecule has 0 aromatic carbocycles. The van der Waals surface area contributed by atoms with E-state index >= 15 is 0 Å². The van der Waals surface area contributed by atoms with Crippen LogP contribution in [-0.2, 0) is 9.59 Å². The number of amides is 2. The molecule has 0 spiro atoms. The van der Waals surface area contributed by atoms with Gasteiger partial charge in [0.2, 0.25) is 11.8 Å². The first-order chi connectivity index (χ1) is 8.50. The van der Waals surface area contributed by atoms with Gasteiger partial charge in [0.1, 0.15) is 11.9 Å². The van der Waals surface area contributed by atoms with Crippen LogP contribution in [0.25, 0.3) is 0 Å². The molecule has 1 aromatic rings. The highest BCUT2D eigenvalue weighted by atomic mass is 16.2. The summed E-state index contributed by atoms with van der Waals surface area (Å²) in [5, 5.41) is 2.30. The normalized spacial score (nSPS) is 21.7.